The average Bonchev–Trinajstić information content (AvgIpc) is 0.722. The van der Waals surface area contributed by atoms with Gasteiger partial charge in [-0.25, -0.2) is 8.42 Å². The Morgan fingerprint density at radius 2 is 1.43 bits per heavy atom. The first-order valence-electron chi connectivity index (χ1n) is 0.683. The van der Waals surface area contributed by atoms with E-state index in [1.54, 1.807) is 0 Å². The van der Waals surface area contributed by atoms with E-state index in [2.05, 4.69) is 0 Å². The van der Waals surface area contributed by atoms with E-state index in [-0.39, 0.29) is 46.6 Å². The van der Waals surface area contributed by atoms with Gasteiger partial charge >= 0.3 is 29.6 Å². The summed E-state index contributed by atoms with van der Waals surface area (Å²) in [6.45, 7) is 0. The van der Waals surface area contributed by atoms with Gasteiger partial charge in [-0.2, -0.15) is 0 Å². The average molecular weight is 176 g/mol. The van der Waals surface area contributed by atoms with Gasteiger partial charge < -0.3 is 4.55 Å². The molecule has 1 N–H and O–H groups in total. The molecule has 0 saturated carbocycles. The minimum absolute atomic E-state index is 0. The van der Waals surface area contributed by atoms with E-state index in [4.69, 9.17) is 17.5 Å². The summed E-state index contributed by atoms with van der Waals surface area (Å²) in [5.41, 5.74) is 0. The number of hydrogen-bond acceptors (Lipinski definition) is 3. The molecule has 0 saturated heterocycles. The molecule has 0 aliphatic heterocycles. The van der Waals surface area contributed by atoms with Crippen LogP contribution in [0.2, 0.25) is 0 Å². The van der Waals surface area contributed by atoms with Crippen LogP contribution in [0.5, 0.6) is 0 Å². The first-order chi connectivity index (χ1) is 2.00. The Morgan fingerprint density at radius 3 is 1.43 bits per heavy atom. The summed E-state index contributed by atoms with van der Waals surface area (Å²) in [7, 11) is -4.92. The Morgan fingerprint density at radius 1 is 1.43 bits per heavy atom. The van der Waals surface area contributed by atoms with Crippen molar-refractivity contribution in [2.45, 2.75) is 0 Å². The minimum Gasteiger partial charge on any atom is -0.726 e. The van der Waals surface area contributed by atoms with Crippen molar-refractivity contribution < 1.29 is 64.1 Å². The number of rotatable bonds is 0. The van der Waals surface area contributed by atoms with Gasteiger partial charge in [0.2, 0.25) is 10.4 Å². The van der Waals surface area contributed by atoms with E-state index >= 15 is 0 Å². The molecule has 0 unspecified atom stereocenters. The normalized spacial score (nSPS) is 8.29. The summed E-state index contributed by atoms with van der Waals surface area (Å²) >= 11 is 0. The molecule has 4 nitrogen and oxygen atoms in total. The fourth-order valence-electron chi connectivity index (χ4n) is 0. The SMILES string of the molecule is O=S(=O)([O-])O.[Fe].[Na+]. The molecule has 7 heavy (non-hydrogen) atoms. The Bertz CT molecular complexity index is 94.9. The second-order valence-electron chi connectivity index (χ2n) is 0.428. The second kappa shape index (κ2) is 5.52. The molecule has 0 fully saturated rings. The largest absolute Gasteiger partial charge is 1.00 e. The molecule has 0 bridgehead atoms. The zero-order chi connectivity index (χ0) is 4.50. The fourth-order valence-corrected chi connectivity index (χ4v) is 0. The smallest absolute Gasteiger partial charge is 0.726 e. The summed E-state index contributed by atoms with van der Waals surface area (Å²) in [5.74, 6) is 0. The molecule has 0 aromatic rings. The molecule has 0 aliphatic rings. The van der Waals surface area contributed by atoms with E-state index in [1.165, 1.54) is 0 Å². The molecule has 0 spiro atoms. The fraction of sp³-hybridized carbons (Fsp3) is 0. The summed E-state index contributed by atoms with van der Waals surface area (Å²) in [4.78, 5) is 0. The maximum Gasteiger partial charge on any atom is 1.00 e. The van der Waals surface area contributed by atoms with Crippen LogP contribution in [0.3, 0.4) is 0 Å². The van der Waals surface area contributed by atoms with Gasteiger partial charge in [-0.05, 0) is 0 Å². The Labute approximate surface area is 74.0 Å². The third-order valence-corrected chi connectivity index (χ3v) is 0. The van der Waals surface area contributed by atoms with Crippen molar-refractivity contribution in [2.24, 2.45) is 0 Å². The molecule has 0 heterocycles. The predicted molar refractivity (Wildman–Crippen MR) is 12.3 cm³/mol. The molecule has 0 aromatic carbocycles. The van der Waals surface area contributed by atoms with Gasteiger partial charge in [0.15, 0.2) is 0 Å². The van der Waals surface area contributed by atoms with Crippen molar-refractivity contribution in [3.63, 3.8) is 0 Å². The van der Waals surface area contributed by atoms with E-state index in [0.29, 0.717) is 0 Å². The van der Waals surface area contributed by atoms with Crippen LogP contribution in [0.25, 0.3) is 0 Å². The third-order valence-electron chi connectivity index (χ3n) is 0. The molecule has 40 valence electrons. The molecule has 0 aromatic heterocycles. The van der Waals surface area contributed by atoms with Crippen LogP contribution in [-0.2, 0) is 27.5 Å². The van der Waals surface area contributed by atoms with Crippen LogP contribution in [0.1, 0.15) is 0 Å². The maximum atomic E-state index is 8.63. The van der Waals surface area contributed by atoms with Gasteiger partial charge in [0.1, 0.15) is 0 Å². The molecule has 0 aliphatic carbocycles. The van der Waals surface area contributed by atoms with E-state index in [1.807, 2.05) is 0 Å². The second-order valence-corrected chi connectivity index (χ2v) is 1.28. The van der Waals surface area contributed by atoms with Gasteiger partial charge in [-0.3, -0.25) is 4.55 Å². The van der Waals surface area contributed by atoms with Crippen molar-refractivity contribution in [1.29, 1.82) is 0 Å². The Hall–Kier alpha value is 1.39. The summed E-state index contributed by atoms with van der Waals surface area (Å²) in [5, 5.41) is 0. The van der Waals surface area contributed by atoms with Crippen LogP contribution < -0.4 is 29.6 Å². The van der Waals surface area contributed by atoms with E-state index in [9.17, 15) is 0 Å². The maximum absolute atomic E-state index is 8.63. The quantitative estimate of drug-likeness (QED) is 0.232. The van der Waals surface area contributed by atoms with Crippen molar-refractivity contribution >= 4 is 10.4 Å². The standard InChI is InChI=1S/Fe.Na.H2O4S/c;;1-5(2,3)4/h;;(H2,1,2,3,4)/q;+1;/p-1. The molecule has 0 radical (unpaired) electrons. The summed E-state index contributed by atoms with van der Waals surface area (Å²) in [6, 6.07) is 0. The molecule has 0 amide bonds. The molecular formula is HFeNaO4S. The van der Waals surface area contributed by atoms with Gasteiger partial charge in [0, 0.05) is 17.1 Å². The van der Waals surface area contributed by atoms with Crippen LogP contribution in [0, 0.1) is 0 Å². The number of hydrogen-bond donors (Lipinski definition) is 1. The Kier molecular flexibility index (Phi) is 12.4. The summed E-state index contributed by atoms with van der Waals surface area (Å²) in [6.07, 6.45) is 0. The minimum atomic E-state index is -4.92. The summed E-state index contributed by atoms with van der Waals surface area (Å²) < 4.78 is 32.8. The van der Waals surface area contributed by atoms with Crippen molar-refractivity contribution in [2.75, 3.05) is 0 Å². The first-order valence-corrected chi connectivity index (χ1v) is 2.05. The van der Waals surface area contributed by atoms with E-state index in [0.717, 1.165) is 0 Å². The zero-order valence-corrected chi connectivity index (χ0v) is 7.35. The monoisotopic (exact) mass is 176 g/mol. The van der Waals surface area contributed by atoms with Crippen LogP contribution in [0.4, 0.5) is 0 Å². The van der Waals surface area contributed by atoms with Gasteiger partial charge in [-0.15, -0.1) is 0 Å². The van der Waals surface area contributed by atoms with Crippen molar-refractivity contribution in [1.82, 2.24) is 0 Å². The van der Waals surface area contributed by atoms with Crippen molar-refractivity contribution in [3.8, 4) is 0 Å². The topological polar surface area (TPSA) is 77.4 Å². The molecule has 0 atom stereocenters. The molecule has 7 heteroatoms. The third kappa shape index (κ3) is 111. The van der Waals surface area contributed by atoms with Crippen LogP contribution >= 0.6 is 0 Å². The van der Waals surface area contributed by atoms with Gasteiger partial charge in [0.25, 0.3) is 0 Å². The van der Waals surface area contributed by atoms with Crippen LogP contribution in [-0.4, -0.2) is 17.5 Å². The van der Waals surface area contributed by atoms with Crippen molar-refractivity contribution in [3.05, 3.63) is 0 Å². The van der Waals surface area contributed by atoms with E-state index < -0.39 is 10.4 Å². The predicted octanol–water partition coefficient (Wildman–Crippen LogP) is -3.99. The molecule has 0 rings (SSSR count). The molecular weight excluding hydrogens is 175 g/mol. The Balaban J connectivity index is -0.0000000800. The van der Waals surface area contributed by atoms with Gasteiger partial charge in [-0.1, -0.05) is 0 Å². The first kappa shape index (κ1) is 15.8. The zero-order valence-electron chi connectivity index (χ0n) is 3.43. The van der Waals surface area contributed by atoms with Crippen LogP contribution in [0.15, 0.2) is 0 Å². The van der Waals surface area contributed by atoms with Gasteiger partial charge in [0.05, 0.1) is 0 Å².